The normalized spacial score (nSPS) is 18.2. The van der Waals surface area contributed by atoms with Crippen LogP contribution in [0, 0.1) is 5.92 Å². The van der Waals surface area contributed by atoms with Crippen LogP contribution in [0.1, 0.15) is 58.6 Å². The highest BCUT2D eigenvalue weighted by molar-refractivity contribution is 5.98. The number of carbonyl (C=O) groups excluding carboxylic acids is 1. The maximum atomic E-state index is 12.5. The lowest BCUT2D eigenvalue weighted by Gasteiger charge is -2.20. The van der Waals surface area contributed by atoms with E-state index in [2.05, 4.69) is 0 Å². The van der Waals surface area contributed by atoms with E-state index in [1.165, 1.54) is 0 Å². The zero-order valence-corrected chi connectivity index (χ0v) is 14.7. The van der Waals surface area contributed by atoms with E-state index >= 15 is 0 Å². The molecule has 1 heterocycles. The lowest BCUT2D eigenvalue weighted by molar-refractivity contribution is -0.140. The third kappa shape index (κ3) is 3.12. The summed E-state index contributed by atoms with van der Waals surface area (Å²) >= 11 is 0. The fourth-order valence-electron chi connectivity index (χ4n) is 4.40. The fourth-order valence-corrected chi connectivity index (χ4v) is 4.40. The lowest BCUT2D eigenvalue weighted by Crippen LogP contribution is -2.23. The Hall–Kier alpha value is -2.62. The number of carbonyl (C=O) groups is 2. The molecule has 0 unspecified atom stereocenters. The fraction of sp³-hybridized carbons (Fsp3) is 0.364. The van der Waals surface area contributed by atoms with Gasteiger partial charge in [-0.25, -0.2) is 0 Å². The molecule has 2 aromatic rings. The second kappa shape index (κ2) is 6.94. The van der Waals surface area contributed by atoms with Crippen molar-refractivity contribution in [1.82, 2.24) is 4.90 Å². The number of benzene rings is 2. The number of carboxylic acid groups (broad SMARTS) is 1. The third-order valence-electron chi connectivity index (χ3n) is 5.75. The zero-order chi connectivity index (χ0) is 18.1. The molecule has 2 aromatic carbocycles. The summed E-state index contributed by atoms with van der Waals surface area (Å²) in [5, 5.41) is 9.67. The Morgan fingerprint density at radius 1 is 1.08 bits per heavy atom. The first-order chi connectivity index (χ1) is 12.6. The number of nitrogens with zero attached hydrogens (tertiary/aromatic N) is 1. The van der Waals surface area contributed by atoms with Crippen LogP contribution in [-0.4, -0.2) is 21.9 Å². The molecule has 1 N–H and O–H groups in total. The quantitative estimate of drug-likeness (QED) is 0.880. The largest absolute Gasteiger partial charge is 0.481 e. The van der Waals surface area contributed by atoms with Gasteiger partial charge in [-0.3, -0.25) is 9.59 Å². The molecule has 134 valence electrons. The maximum absolute atomic E-state index is 12.5. The minimum Gasteiger partial charge on any atom is -0.481 e. The molecule has 1 atom stereocenters. The molecule has 0 saturated heterocycles. The Bertz CT molecular complexity index is 822. The molecule has 0 radical (unpaired) electrons. The van der Waals surface area contributed by atoms with Crippen molar-refractivity contribution in [3.05, 3.63) is 70.8 Å². The van der Waals surface area contributed by atoms with E-state index < -0.39 is 11.9 Å². The van der Waals surface area contributed by atoms with Crippen LogP contribution in [0.2, 0.25) is 0 Å². The molecule has 0 aromatic heterocycles. The molecule has 2 aliphatic rings. The number of aliphatic carboxylic acids is 1. The topological polar surface area (TPSA) is 57.6 Å². The Labute approximate surface area is 153 Å². The van der Waals surface area contributed by atoms with Gasteiger partial charge in [-0.2, -0.15) is 0 Å². The van der Waals surface area contributed by atoms with Crippen molar-refractivity contribution in [2.75, 3.05) is 0 Å². The number of rotatable bonds is 5. The highest BCUT2D eigenvalue weighted by Gasteiger charge is 2.32. The first-order valence-electron chi connectivity index (χ1n) is 9.32. The van der Waals surface area contributed by atoms with E-state index in [-0.39, 0.29) is 11.8 Å². The van der Waals surface area contributed by atoms with Crippen LogP contribution in [0.25, 0.3) is 0 Å². The monoisotopic (exact) mass is 349 g/mol. The van der Waals surface area contributed by atoms with Gasteiger partial charge in [0, 0.05) is 18.7 Å². The predicted octanol–water partition coefficient (Wildman–Crippen LogP) is 4.20. The van der Waals surface area contributed by atoms with Gasteiger partial charge in [-0.15, -0.1) is 0 Å². The molecule has 4 heteroatoms. The lowest BCUT2D eigenvalue weighted by atomic mass is 9.84. The first-order valence-corrected chi connectivity index (χ1v) is 9.32. The predicted molar refractivity (Wildman–Crippen MR) is 98.8 cm³/mol. The van der Waals surface area contributed by atoms with Crippen molar-refractivity contribution >= 4 is 11.9 Å². The Kier molecular flexibility index (Phi) is 4.49. The summed E-state index contributed by atoms with van der Waals surface area (Å²) in [6.07, 6.45) is 4.26. The number of fused-ring (bicyclic) bond motifs is 1. The second-order valence-electron chi connectivity index (χ2n) is 7.42. The molecule has 1 saturated carbocycles. The summed E-state index contributed by atoms with van der Waals surface area (Å²) in [6.45, 7) is 1.19. The van der Waals surface area contributed by atoms with Crippen LogP contribution in [0.5, 0.6) is 0 Å². The summed E-state index contributed by atoms with van der Waals surface area (Å²) < 4.78 is 0. The number of hydrogen-bond acceptors (Lipinski definition) is 2. The van der Waals surface area contributed by atoms with Gasteiger partial charge in [0.05, 0.1) is 5.92 Å². The molecule has 1 fully saturated rings. The third-order valence-corrected chi connectivity index (χ3v) is 5.75. The molecule has 26 heavy (non-hydrogen) atoms. The van der Waals surface area contributed by atoms with Crippen LogP contribution < -0.4 is 0 Å². The van der Waals surface area contributed by atoms with Crippen molar-refractivity contribution in [2.24, 2.45) is 5.92 Å². The van der Waals surface area contributed by atoms with Gasteiger partial charge in [-0.05, 0) is 41.5 Å². The van der Waals surface area contributed by atoms with Crippen LogP contribution in [0.4, 0.5) is 0 Å². The standard InChI is InChI=1S/C22H23NO3/c24-21-19-8-4-3-7-18(19)14-23(21)13-15-9-11-17(12-10-15)20(22(25)26)16-5-1-2-6-16/h3-4,7-12,16,20H,1-2,5-6,13-14H2,(H,25,26)/t20-/m0/s1. The Morgan fingerprint density at radius 3 is 2.42 bits per heavy atom. The molecule has 0 spiro atoms. The molecule has 4 nitrogen and oxygen atoms in total. The van der Waals surface area contributed by atoms with Gasteiger partial charge < -0.3 is 10.0 Å². The zero-order valence-electron chi connectivity index (χ0n) is 14.7. The molecule has 4 rings (SSSR count). The SMILES string of the molecule is O=C(O)[C@H](c1ccc(CN2Cc3ccccc3C2=O)cc1)C1CCCC1. The smallest absolute Gasteiger partial charge is 0.311 e. The molecule has 1 aliphatic heterocycles. The molecule has 0 bridgehead atoms. The van der Waals surface area contributed by atoms with Gasteiger partial charge >= 0.3 is 5.97 Å². The van der Waals surface area contributed by atoms with E-state index in [1.54, 1.807) is 0 Å². The Balaban J connectivity index is 1.48. The van der Waals surface area contributed by atoms with Crippen molar-refractivity contribution in [2.45, 2.75) is 44.7 Å². The van der Waals surface area contributed by atoms with Gasteiger partial charge in [0.25, 0.3) is 5.91 Å². The highest BCUT2D eigenvalue weighted by atomic mass is 16.4. The van der Waals surface area contributed by atoms with Gasteiger partial charge in [0.1, 0.15) is 0 Å². The van der Waals surface area contributed by atoms with Crippen molar-refractivity contribution in [3.8, 4) is 0 Å². The first kappa shape index (κ1) is 16.8. The van der Waals surface area contributed by atoms with Crippen LogP contribution in [0.15, 0.2) is 48.5 Å². The summed E-state index contributed by atoms with van der Waals surface area (Å²) in [5.41, 5.74) is 3.77. The molecule has 1 aliphatic carbocycles. The van der Waals surface area contributed by atoms with Gasteiger partial charge in [0.15, 0.2) is 0 Å². The van der Waals surface area contributed by atoms with E-state index in [9.17, 15) is 14.7 Å². The van der Waals surface area contributed by atoms with Crippen LogP contribution in [-0.2, 0) is 17.9 Å². The molecular formula is C22H23NO3. The minimum atomic E-state index is -0.727. The number of hydrogen-bond donors (Lipinski definition) is 1. The van der Waals surface area contributed by atoms with E-state index in [0.717, 1.165) is 47.9 Å². The van der Waals surface area contributed by atoms with Crippen molar-refractivity contribution in [1.29, 1.82) is 0 Å². The second-order valence-corrected chi connectivity index (χ2v) is 7.42. The van der Waals surface area contributed by atoms with Gasteiger partial charge in [0.2, 0.25) is 0 Å². The summed E-state index contributed by atoms with van der Waals surface area (Å²) in [7, 11) is 0. The Morgan fingerprint density at radius 2 is 1.77 bits per heavy atom. The van der Waals surface area contributed by atoms with Crippen LogP contribution in [0.3, 0.4) is 0 Å². The summed E-state index contributed by atoms with van der Waals surface area (Å²) in [6, 6.07) is 15.5. The maximum Gasteiger partial charge on any atom is 0.311 e. The minimum absolute atomic E-state index is 0.0686. The highest BCUT2D eigenvalue weighted by Crippen LogP contribution is 2.37. The van der Waals surface area contributed by atoms with Crippen molar-refractivity contribution in [3.63, 3.8) is 0 Å². The van der Waals surface area contributed by atoms with Crippen LogP contribution >= 0.6 is 0 Å². The molecular weight excluding hydrogens is 326 g/mol. The number of carboxylic acids is 1. The summed E-state index contributed by atoms with van der Waals surface area (Å²) in [5.74, 6) is -0.828. The molecule has 1 amide bonds. The average molecular weight is 349 g/mol. The van der Waals surface area contributed by atoms with Gasteiger partial charge in [-0.1, -0.05) is 55.3 Å². The summed E-state index contributed by atoms with van der Waals surface area (Å²) in [4.78, 5) is 26.1. The van der Waals surface area contributed by atoms with E-state index in [1.807, 2.05) is 53.4 Å². The van der Waals surface area contributed by atoms with E-state index in [4.69, 9.17) is 0 Å². The number of amides is 1. The van der Waals surface area contributed by atoms with E-state index in [0.29, 0.717) is 13.1 Å². The van der Waals surface area contributed by atoms with Crippen molar-refractivity contribution < 1.29 is 14.7 Å². The average Bonchev–Trinajstić information content (AvgIpc) is 3.26.